The zero-order valence-corrected chi connectivity index (χ0v) is 10.3. The third kappa shape index (κ3) is 3.30. The molecule has 0 aliphatic heterocycles. The van der Waals surface area contributed by atoms with Crippen molar-refractivity contribution in [2.45, 2.75) is 6.92 Å². The van der Waals surface area contributed by atoms with Crippen LogP contribution in [-0.2, 0) is 4.79 Å². The summed E-state index contributed by atoms with van der Waals surface area (Å²) in [5.41, 5.74) is 0.400. The van der Waals surface area contributed by atoms with Gasteiger partial charge in [-0.15, -0.1) is 0 Å². The zero-order valence-electron chi connectivity index (χ0n) is 10.3. The van der Waals surface area contributed by atoms with Gasteiger partial charge in [-0.1, -0.05) is 18.7 Å². The van der Waals surface area contributed by atoms with Crippen molar-refractivity contribution in [3.8, 4) is 6.07 Å². The van der Waals surface area contributed by atoms with Gasteiger partial charge in [0.1, 0.15) is 0 Å². The summed E-state index contributed by atoms with van der Waals surface area (Å²) in [6.45, 7) is 5.04. The molecule has 5 nitrogen and oxygen atoms in total. The van der Waals surface area contributed by atoms with Crippen molar-refractivity contribution in [1.29, 1.82) is 5.26 Å². The summed E-state index contributed by atoms with van der Waals surface area (Å²) in [6, 6.07) is 7.81. The fourth-order valence-electron chi connectivity index (χ4n) is 1.44. The fourth-order valence-corrected chi connectivity index (χ4v) is 1.44. The summed E-state index contributed by atoms with van der Waals surface area (Å²) in [4.78, 5) is 24.2. The van der Waals surface area contributed by atoms with E-state index >= 15 is 0 Å². The van der Waals surface area contributed by atoms with Crippen LogP contribution in [0.25, 0.3) is 0 Å². The predicted octanol–water partition coefficient (Wildman–Crippen LogP) is 2.33. The van der Waals surface area contributed by atoms with Crippen molar-refractivity contribution in [3.05, 3.63) is 54.3 Å². The van der Waals surface area contributed by atoms with Gasteiger partial charge in [0, 0.05) is 17.8 Å². The summed E-state index contributed by atoms with van der Waals surface area (Å²) in [5, 5.41) is 17.7. The van der Waals surface area contributed by atoms with E-state index < -0.39 is 11.9 Å². The molecule has 0 saturated carbocycles. The minimum absolute atomic E-state index is 0.0281. The predicted molar refractivity (Wildman–Crippen MR) is 70.5 cm³/mol. The van der Waals surface area contributed by atoms with Gasteiger partial charge in [0.15, 0.2) is 0 Å². The second-order valence-corrected chi connectivity index (χ2v) is 3.72. The van der Waals surface area contributed by atoms with Crippen LogP contribution < -0.4 is 4.90 Å². The lowest BCUT2D eigenvalue weighted by Gasteiger charge is -2.20. The Morgan fingerprint density at radius 1 is 1.42 bits per heavy atom. The highest BCUT2D eigenvalue weighted by atomic mass is 16.4. The van der Waals surface area contributed by atoms with Gasteiger partial charge in [-0.25, -0.2) is 4.79 Å². The topological polar surface area (TPSA) is 81.4 Å². The van der Waals surface area contributed by atoms with E-state index in [2.05, 4.69) is 6.58 Å². The van der Waals surface area contributed by atoms with Crippen molar-refractivity contribution < 1.29 is 14.7 Å². The van der Waals surface area contributed by atoms with Crippen LogP contribution in [0.1, 0.15) is 17.3 Å². The third-order valence-electron chi connectivity index (χ3n) is 2.28. The summed E-state index contributed by atoms with van der Waals surface area (Å²) in [5.74, 6) is -1.62. The molecule has 96 valence electrons. The Kier molecular flexibility index (Phi) is 4.61. The van der Waals surface area contributed by atoms with E-state index in [0.29, 0.717) is 0 Å². The van der Waals surface area contributed by atoms with E-state index in [9.17, 15) is 9.59 Å². The van der Waals surface area contributed by atoms with E-state index in [1.807, 2.05) is 0 Å². The fraction of sp³-hybridized carbons (Fsp3) is 0.0714. The maximum atomic E-state index is 12.0. The van der Waals surface area contributed by atoms with E-state index in [-0.39, 0.29) is 16.8 Å². The quantitative estimate of drug-likeness (QED) is 0.662. The Labute approximate surface area is 110 Å². The second-order valence-electron chi connectivity index (χ2n) is 3.72. The molecule has 0 atom stereocenters. The van der Waals surface area contributed by atoms with Crippen molar-refractivity contribution in [3.63, 3.8) is 0 Å². The number of anilines is 1. The Morgan fingerprint density at radius 2 is 2.05 bits per heavy atom. The van der Waals surface area contributed by atoms with Gasteiger partial charge in [-0.2, -0.15) is 5.26 Å². The SMILES string of the molecule is C=C(C)C(=O)N(C=CC#N)c1ccccc1C(=O)O. The number of carbonyl (C=O) groups is 2. The number of rotatable bonds is 4. The molecular formula is C14H12N2O3. The number of hydrogen-bond donors (Lipinski definition) is 1. The average Bonchev–Trinajstić information content (AvgIpc) is 2.39. The molecule has 0 aromatic heterocycles. The first-order valence-electron chi connectivity index (χ1n) is 5.36. The van der Waals surface area contributed by atoms with Crippen molar-refractivity contribution in [2.75, 3.05) is 4.90 Å². The van der Waals surface area contributed by atoms with Gasteiger partial charge in [0.2, 0.25) is 0 Å². The number of benzene rings is 1. The molecule has 0 spiro atoms. The number of nitrogens with zero attached hydrogens (tertiary/aromatic N) is 2. The molecule has 1 amide bonds. The molecule has 0 fully saturated rings. The van der Waals surface area contributed by atoms with Crippen LogP contribution in [0.4, 0.5) is 5.69 Å². The number of hydrogen-bond acceptors (Lipinski definition) is 3. The van der Waals surface area contributed by atoms with Crippen LogP contribution in [0.5, 0.6) is 0 Å². The number of amides is 1. The van der Waals surface area contributed by atoms with Gasteiger partial charge in [-0.05, 0) is 19.1 Å². The van der Waals surface area contributed by atoms with Crippen molar-refractivity contribution in [1.82, 2.24) is 0 Å². The minimum atomic E-state index is -1.15. The van der Waals surface area contributed by atoms with Crippen LogP contribution in [0, 0.1) is 11.3 Å². The molecule has 1 rings (SSSR count). The zero-order chi connectivity index (χ0) is 14.4. The highest BCUT2D eigenvalue weighted by Crippen LogP contribution is 2.22. The number of aromatic carboxylic acids is 1. The number of carbonyl (C=O) groups excluding carboxylic acids is 1. The van der Waals surface area contributed by atoms with Gasteiger partial charge in [-0.3, -0.25) is 9.69 Å². The van der Waals surface area contributed by atoms with Gasteiger partial charge in [0.25, 0.3) is 5.91 Å². The third-order valence-corrected chi connectivity index (χ3v) is 2.28. The lowest BCUT2D eigenvalue weighted by Crippen LogP contribution is -2.27. The van der Waals surface area contributed by atoms with Crippen molar-refractivity contribution in [2.24, 2.45) is 0 Å². The van der Waals surface area contributed by atoms with Gasteiger partial charge in [0.05, 0.1) is 17.3 Å². The van der Waals surface area contributed by atoms with Crippen LogP contribution in [-0.4, -0.2) is 17.0 Å². The van der Waals surface area contributed by atoms with Crippen LogP contribution in [0.3, 0.4) is 0 Å². The molecule has 5 heteroatoms. The molecular weight excluding hydrogens is 244 g/mol. The maximum Gasteiger partial charge on any atom is 0.337 e. The number of para-hydroxylation sites is 1. The molecule has 1 aromatic carbocycles. The molecule has 0 aliphatic carbocycles. The lowest BCUT2D eigenvalue weighted by atomic mass is 10.1. The van der Waals surface area contributed by atoms with E-state index in [4.69, 9.17) is 10.4 Å². The van der Waals surface area contributed by atoms with Crippen LogP contribution >= 0.6 is 0 Å². The summed E-state index contributed by atoms with van der Waals surface area (Å²) < 4.78 is 0. The molecule has 1 aromatic rings. The smallest absolute Gasteiger partial charge is 0.337 e. The molecule has 0 saturated heterocycles. The molecule has 0 aliphatic rings. The highest BCUT2D eigenvalue weighted by Gasteiger charge is 2.19. The number of carboxylic acids is 1. The number of nitriles is 1. The van der Waals surface area contributed by atoms with Crippen LogP contribution in [0.2, 0.25) is 0 Å². The highest BCUT2D eigenvalue weighted by molar-refractivity contribution is 6.09. The van der Waals surface area contributed by atoms with Crippen molar-refractivity contribution >= 4 is 17.6 Å². The Morgan fingerprint density at radius 3 is 2.58 bits per heavy atom. The first kappa shape index (κ1) is 14.2. The molecule has 0 heterocycles. The number of carboxylic acid groups (broad SMARTS) is 1. The average molecular weight is 256 g/mol. The monoisotopic (exact) mass is 256 g/mol. The van der Waals surface area contributed by atoms with E-state index in [1.165, 1.54) is 25.3 Å². The van der Waals surface area contributed by atoms with Crippen LogP contribution in [0.15, 0.2) is 48.7 Å². The van der Waals surface area contributed by atoms with Gasteiger partial charge < -0.3 is 5.11 Å². The first-order chi connectivity index (χ1) is 8.99. The van der Waals surface area contributed by atoms with E-state index in [0.717, 1.165) is 11.0 Å². The van der Waals surface area contributed by atoms with Gasteiger partial charge >= 0.3 is 5.97 Å². The molecule has 0 radical (unpaired) electrons. The Balaban J connectivity index is 3.38. The largest absolute Gasteiger partial charge is 0.478 e. The summed E-state index contributed by atoms with van der Waals surface area (Å²) >= 11 is 0. The molecule has 1 N–H and O–H groups in total. The Bertz CT molecular complexity index is 597. The minimum Gasteiger partial charge on any atom is -0.478 e. The molecule has 0 bridgehead atoms. The number of allylic oxidation sites excluding steroid dienone is 1. The normalized spacial score (nSPS) is 9.89. The maximum absolute atomic E-state index is 12.0. The Hall–Kier alpha value is -2.87. The molecule has 0 unspecified atom stereocenters. The van der Waals surface area contributed by atoms with E-state index in [1.54, 1.807) is 18.2 Å². The summed E-state index contributed by atoms with van der Waals surface area (Å²) in [7, 11) is 0. The molecule has 19 heavy (non-hydrogen) atoms. The second kappa shape index (κ2) is 6.17. The summed E-state index contributed by atoms with van der Waals surface area (Å²) in [6.07, 6.45) is 2.32. The first-order valence-corrected chi connectivity index (χ1v) is 5.36. The lowest BCUT2D eigenvalue weighted by molar-refractivity contribution is -0.114. The standard InChI is InChI=1S/C14H12N2O3/c1-10(2)13(17)16(9-5-8-15)12-7-4-3-6-11(12)14(18)19/h3-7,9H,1H2,2H3,(H,18,19).